The van der Waals surface area contributed by atoms with Gasteiger partial charge in [0.2, 0.25) is 0 Å². The summed E-state index contributed by atoms with van der Waals surface area (Å²) in [6.07, 6.45) is 5.55. The van der Waals surface area contributed by atoms with E-state index in [1.54, 1.807) is 12.4 Å². The van der Waals surface area contributed by atoms with Gasteiger partial charge in [-0.05, 0) is 36.1 Å². The number of nitrogens with zero attached hydrogens (tertiary/aromatic N) is 2. The fourth-order valence-electron chi connectivity index (χ4n) is 2.52. The van der Waals surface area contributed by atoms with Crippen molar-refractivity contribution in [2.24, 2.45) is 0 Å². The van der Waals surface area contributed by atoms with Crippen LogP contribution in [0.25, 0.3) is 0 Å². The number of anilines is 1. The Labute approximate surface area is 118 Å². The minimum absolute atomic E-state index is 0.0407. The van der Waals surface area contributed by atoms with E-state index in [-0.39, 0.29) is 6.03 Å². The summed E-state index contributed by atoms with van der Waals surface area (Å²) in [6, 6.07) is 11.9. The van der Waals surface area contributed by atoms with Crippen LogP contribution in [0.3, 0.4) is 0 Å². The molecule has 4 heteroatoms. The summed E-state index contributed by atoms with van der Waals surface area (Å²) in [5.74, 6) is 0. The summed E-state index contributed by atoms with van der Waals surface area (Å²) in [7, 11) is 0. The molecule has 0 aliphatic carbocycles. The maximum atomic E-state index is 12.3. The molecule has 2 heterocycles. The van der Waals surface area contributed by atoms with Gasteiger partial charge < -0.3 is 5.32 Å². The van der Waals surface area contributed by atoms with Gasteiger partial charge in [-0.25, -0.2) is 4.79 Å². The van der Waals surface area contributed by atoms with Gasteiger partial charge in [0.1, 0.15) is 0 Å². The van der Waals surface area contributed by atoms with Crippen LogP contribution >= 0.6 is 0 Å². The smallest absolute Gasteiger partial charge is 0.322 e. The number of urea groups is 1. The van der Waals surface area contributed by atoms with Crippen LogP contribution in [0.2, 0.25) is 0 Å². The van der Waals surface area contributed by atoms with E-state index < -0.39 is 0 Å². The van der Waals surface area contributed by atoms with Gasteiger partial charge in [-0.2, -0.15) is 0 Å². The van der Waals surface area contributed by atoms with Crippen LogP contribution in [-0.4, -0.2) is 17.6 Å². The number of fused-ring (bicyclic) bond motifs is 1. The van der Waals surface area contributed by atoms with Crippen LogP contribution in [0.15, 0.2) is 48.8 Å². The number of para-hydroxylation sites is 1. The van der Waals surface area contributed by atoms with Crippen molar-refractivity contribution in [1.82, 2.24) is 10.3 Å². The molecular formula is C16H17N3O. The van der Waals surface area contributed by atoms with Crippen molar-refractivity contribution in [3.05, 3.63) is 59.9 Å². The number of rotatable bonds is 2. The van der Waals surface area contributed by atoms with Gasteiger partial charge in [-0.3, -0.25) is 9.88 Å². The highest BCUT2D eigenvalue weighted by Crippen LogP contribution is 2.26. The van der Waals surface area contributed by atoms with Gasteiger partial charge in [0.05, 0.1) is 0 Å². The molecule has 0 spiro atoms. The molecule has 1 aliphatic rings. The zero-order valence-electron chi connectivity index (χ0n) is 11.2. The van der Waals surface area contributed by atoms with Crippen molar-refractivity contribution in [2.75, 3.05) is 11.4 Å². The van der Waals surface area contributed by atoms with E-state index >= 15 is 0 Å². The molecular weight excluding hydrogens is 250 g/mol. The highest BCUT2D eigenvalue weighted by atomic mass is 16.2. The Balaban J connectivity index is 1.69. The largest absolute Gasteiger partial charge is 0.334 e. The molecule has 1 aromatic heterocycles. The topological polar surface area (TPSA) is 45.2 Å². The second kappa shape index (κ2) is 5.74. The minimum Gasteiger partial charge on any atom is -0.334 e. The molecule has 102 valence electrons. The lowest BCUT2D eigenvalue weighted by Gasteiger charge is -2.29. The summed E-state index contributed by atoms with van der Waals surface area (Å²) < 4.78 is 0. The normalized spacial score (nSPS) is 13.7. The number of benzene rings is 1. The Bertz CT molecular complexity index is 598. The molecule has 0 atom stereocenters. The number of nitrogens with one attached hydrogen (secondary N) is 1. The van der Waals surface area contributed by atoms with Crippen molar-refractivity contribution < 1.29 is 4.79 Å². The van der Waals surface area contributed by atoms with Crippen LogP contribution in [-0.2, 0) is 13.0 Å². The van der Waals surface area contributed by atoms with Gasteiger partial charge in [-0.1, -0.05) is 24.3 Å². The predicted octanol–water partition coefficient (Wildman–Crippen LogP) is 2.74. The third-order valence-corrected chi connectivity index (χ3v) is 3.52. The minimum atomic E-state index is -0.0407. The van der Waals surface area contributed by atoms with Crippen molar-refractivity contribution >= 4 is 11.7 Å². The maximum Gasteiger partial charge on any atom is 0.322 e. The first-order valence-corrected chi connectivity index (χ1v) is 6.87. The first-order valence-electron chi connectivity index (χ1n) is 6.87. The molecule has 1 N–H and O–H groups in total. The Kier molecular flexibility index (Phi) is 3.63. The second-order valence-corrected chi connectivity index (χ2v) is 4.90. The van der Waals surface area contributed by atoms with E-state index in [9.17, 15) is 4.79 Å². The fourth-order valence-corrected chi connectivity index (χ4v) is 2.52. The summed E-state index contributed by atoms with van der Waals surface area (Å²) in [4.78, 5) is 18.2. The van der Waals surface area contributed by atoms with E-state index in [0.717, 1.165) is 30.6 Å². The number of hydrogen-bond acceptors (Lipinski definition) is 2. The average molecular weight is 267 g/mol. The monoisotopic (exact) mass is 267 g/mol. The highest BCUT2D eigenvalue weighted by Gasteiger charge is 2.21. The summed E-state index contributed by atoms with van der Waals surface area (Å²) in [5.41, 5.74) is 3.28. The molecule has 2 amide bonds. The standard InChI is InChI=1S/C16H17N3O/c20-16(18-12-13-5-3-9-17-11-13)19-10-4-7-14-6-1-2-8-15(14)19/h1-3,5-6,8-9,11H,4,7,10,12H2,(H,18,20). The molecule has 1 aromatic carbocycles. The molecule has 0 unspecified atom stereocenters. The number of carbonyl (C=O) groups excluding carboxylic acids is 1. The van der Waals surface area contributed by atoms with Gasteiger partial charge >= 0.3 is 6.03 Å². The summed E-state index contributed by atoms with van der Waals surface area (Å²) in [5, 5.41) is 2.96. The van der Waals surface area contributed by atoms with Crippen molar-refractivity contribution in [2.45, 2.75) is 19.4 Å². The van der Waals surface area contributed by atoms with Crippen LogP contribution in [0.5, 0.6) is 0 Å². The fraction of sp³-hybridized carbons (Fsp3) is 0.250. The quantitative estimate of drug-likeness (QED) is 0.909. The van der Waals surface area contributed by atoms with Crippen molar-refractivity contribution in [3.8, 4) is 0 Å². The highest BCUT2D eigenvalue weighted by molar-refractivity contribution is 5.93. The lowest BCUT2D eigenvalue weighted by atomic mass is 10.0. The van der Waals surface area contributed by atoms with Crippen molar-refractivity contribution in [3.63, 3.8) is 0 Å². The summed E-state index contributed by atoms with van der Waals surface area (Å²) in [6.45, 7) is 1.28. The second-order valence-electron chi connectivity index (χ2n) is 4.90. The SMILES string of the molecule is O=C(NCc1cccnc1)N1CCCc2ccccc21. The van der Waals surface area contributed by atoms with Crippen LogP contribution < -0.4 is 10.2 Å². The van der Waals surface area contributed by atoms with E-state index in [1.807, 2.05) is 35.2 Å². The Morgan fingerprint density at radius 1 is 1.25 bits per heavy atom. The molecule has 0 fully saturated rings. The van der Waals surface area contributed by atoms with E-state index in [4.69, 9.17) is 0 Å². The molecule has 3 rings (SSSR count). The van der Waals surface area contributed by atoms with Gasteiger partial charge in [-0.15, -0.1) is 0 Å². The number of aryl methyl sites for hydroxylation is 1. The third kappa shape index (κ3) is 2.64. The Hall–Kier alpha value is -2.36. The molecule has 20 heavy (non-hydrogen) atoms. The van der Waals surface area contributed by atoms with Gasteiger partial charge in [0.25, 0.3) is 0 Å². The zero-order chi connectivity index (χ0) is 13.8. The third-order valence-electron chi connectivity index (χ3n) is 3.52. The van der Waals surface area contributed by atoms with Crippen LogP contribution in [0.4, 0.5) is 10.5 Å². The zero-order valence-corrected chi connectivity index (χ0v) is 11.2. The van der Waals surface area contributed by atoms with Gasteiger partial charge in [0.15, 0.2) is 0 Å². The number of aromatic nitrogens is 1. The number of pyridine rings is 1. The molecule has 1 aliphatic heterocycles. The Morgan fingerprint density at radius 3 is 3.00 bits per heavy atom. The van der Waals surface area contributed by atoms with Crippen LogP contribution in [0.1, 0.15) is 17.5 Å². The van der Waals surface area contributed by atoms with E-state index in [1.165, 1.54) is 5.56 Å². The number of hydrogen-bond donors (Lipinski definition) is 1. The lowest BCUT2D eigenvalue weighted by molar-refractivity contribution is 0.245. The van der Waals surface area contributed by atoms with E-state index in [0.29, 0.717) is 6.54 Å². The predicted molar refractivity (Wildman–Crippen MR) is 78.6 cm³/mol. The molecule has 4 nitrogen and oxygen atoms in total. The van der Waals surface area contributed by atoms with Crippen molar-refractivity contribution in [1.29, 1.82) is 0 Å². The maximum absolute atomic E-state index is 12.3. The average Bonchev–Trinajstić information content (AvgIpc) is 2.53. The van der Waals surface area contributed by atoms with Crippen LogP contribution in [0, 0.1) is 0 Å². The number of amides is 2. The molecule has 0 saturated heterocycles. The number of carbonyl (C=O) groups is 1. The Morgan fingerprint density at radius 2 is 2.15 bits per heavy atom. The lowest BCUT2D eigenvalue weighted by Crippen LogP contribution is -2.42. The summed E-state index contributed by atoms with van der Waals surface area (Å²) >= 11 is 0. The van der Waals surface area contributed by atoms with Gasteiger partial charge in [0, 0.05) is 31.2 Å². The molecule has 0 radical (unpaired) electrons. The molecule has 2 aromatic rings. The molecule has 0 bridgehead atoms. The first kappa shape index (κ1) is 12.7. The molecule has 0 saturated carbocycles. The first-order chi connectivity index (χ1) is 9.84. The van der Waals surface area contributed by atoms with E-state index in [2.05, 4.69) is 16.4 Å².